The maximum Gasteiger partial charge on any atom is 0.389 e. The molecule has 3 N–H and O–H groups in total. The normalized spacial score (nSPS) is 14.8. The average molecular weight is 154 g/mol. The summed E-state index contributed by atoms with van der Waals surface area (Å²) in [6.45, 7) is 1.27. The predicted octanol–water partition coefficient (Wildman–Crippen LogP) is 1.51. The molecule has 0 rings (SSSR count). The summed E-state index contributed by atoms with van der Waals surface area (Å²) < 4.78 is 34.5. The van der Waals surface area contributed by atoms with E-state index in [0.29, 0.717) is 0 Å². The SMILES string of the molecule is C[C@H](CC(F)(F)F)C(=N)N. The zero-order valence-electron chi connectivity index (χ0n) is 5.50. The molecule has 60 valence electrons. The fourth-order valence-corrected chi connectivity index (χ4v) is 0.457. The first-order valence-corrected chi connectivity index (χ1v) is 2.73. The minimum Gasteiger partial charge on any atom is -0.387 e. The summed E-state index contributed by atoms with van der Waals surface area (Å²) >= 11 is 0. The van der Waals surface area contributed by atoms with Crippen molar-refractivity contribution in [2.45, 2.75) is 19.5 Å². The Bertz CT molecular complexity index is 129. The highest BCUT2D eigenvalue weighted by Gasteiger charge is 2.30. The molecular formula is C5H9F3N2. The van der Waals surface area contributed by atoms with Crippen LogP contribution >= 0.6 is 0 Å². The maximum atomic E-state index is 11.5. The number of hydrogen-bond acceptors (Lipinski definition) is 1. The third kappa shape index (κ3) is 4.17. The van der Waals surface area contributed by atoms with Crippen LogP contribution in [0.1, 0.15) is 13.3 Å². The van der Waals surface area contributed by atoms with Gasteiger partial charge in [-0.05, 0) is 0 Å². The number of alkyl halides is 3. The van der Waals surface area contributed by atoms with Crippen LogP contribution in [0.4, 0.5) is 13.2 Å². The summed E-state index contributed by atoms with van der Waals surface area (Å²) in [6, 6.07) is 0. The number of halogens is 3. The van der Waals surface area contributed by atoms with Crippen LogP contribution in [0.25, 0.3) is 0 Å². The third-order valence-corrected chi connectivity index (χ3v) is 1.07. The van der Waals surface area contributed by atoms with Gasteiger partial charge in [-0.25, -0.2) is 0 Å². The summed E-state index contributed by atoms with van der Waals surface area (Å²) in [5.41, 5.74) is 4.83. The highest BCUT2D eigenvalue weighted by Crippen LogP contribution is 2.24. The molecule has 0 bridgehead atoms. The molecule has 0 saturated carbocycles. The van der Waals surface area contributed by atoms with E-state index in [-0.39, 0.29) is 0 Å². The second kappa shape index (κ2) is 2.90. The fraction of sp³-hybridized carbons (Fsp3) is 0.800. The van der Waals surface area contributed by atoms with Gasteiger partial charge in [-0.1, -0.05) is 6.92 Å². The number of hydrogen-bond donors (Lipinski definition) is 2. The van der Waals surface area contributed by atoms with E-state index in [2.05, 4.69) is 0 Å². The van der Waals surface area contributed by atoms with Crippen LogP contribution in [0.2, 0.25) is 0 Å². The van der Waals surface area contributed by atoms with E-state index in [1.54, 1.807) is 0 Å². The lowest BCUT2D eigenvalue weighted by atomic mass is 10.1. The Hall–Kier alpha value is -0.740. The standard InChI is InChI=1S/C5H9F3N2/c1-3(4(9)10)2-5(6,7)8/h3H,2H2,1H3,(H3,9,10)/t3-/m1/s1. The molecule has 0 aliphatic heterocycles. The van der Waals surface area contributed by atoms with Crippen LogP contribution < -0.4 is 5.73 Å². The molecule has 0 radical (unpaired) electrons. The summed E-state index contributed by atoms with van der Waals surface area (Å²) in [6.07, 6.45) is -5.23. The molecule has 5 heteroatoms. The summed E-state index contributed by atoms with van der Waals surface area (Å²) in [5, 5.41) is 6.66. The molecule has 0 unspecified atom stereocenters. The van der Waals surface area contributed by atoms with E-state index in [1.807, 2.05) is 0 Å². The van der Waals surface area contributed by atoms with Gasteiger partial charge >= 0.3 is 6.18 Å². The Morgan fingerprint density at radius 3 is 2.10 bits per heavy atom. The highest BCUT2D eigenvalue weighted by molar-refractivity contribution is 5.79. The van der Waals surface area contributed by atoms with E-state index in [1.165, 1.54) is 6.92 Å². The van der Waals surface area contributed by atoms with E-state index < -0.39 is 24.4 Å². The van der Waals surface area contributed by atoms with Gasteiger partial charge < -0.3 is 5.73 Å². The minimum atomic E-state index is -4.22. The first-order valence-electron chi connectivity index (χ1n) is 2.73. The molecule has 0 aliphatic rings. The lowest BCUT2D eigenvalue weighted by Gasteiger charge is -2.11. The Kier molecular flexibility index (Phi) is 2.68. The van der Waals surface area contributed by atoms with E-state index in [9.17, 15) is 13.2 Å². The molecule has 0 aromatic carbocycles. The number of rotatable bonds is 2. The number of amidine groups is 1. The van der Waals surface area contributed by atoms with Gasteiger partial charge in [-0.15, -0.1) is 0 Å². The largest absolute Gasteiger partial charge is 0.389 e. The molecule has 1 atom stereocenters. The van der Waals surface area contributed by atoms with E-state index in [4.69, 9.17) is 11.1 Å². The number of nitrogens with two attached hydrogens (primary N) is 1. The average Bonchev–Trinajstić information content (AvgIpc) is 1.60. The predicted molar refractivity (Wildman–Crippen MR) is 31.8 cm³/mol. The van der Waals surface area contributed by atoms with Crippen LogP contribution in [0.5, 0.6) is 0 Å². The van der Waals surface area contributed by atoms with Crippen LogP contribution in [0.15, 0.2) is 0 Å². The first-order chi connectivity index (χ1) is 4.33. The van der Waals surface area contributed by atoms with Crippen molar-refractivity contribution in [2.75, 3.05) is 0 Å². The van der Waals surface area contributed by atoms with Crippen LogP contribution in [0, 0.1) is 11.3 Å². The van der Waals surface area contributed by atoms with Gasteiger partial charge in [0, 0.05) is 5.92 Å². The quantitative estimate of drug-likeness (QED) is 0.459. The second-order valence-electron chi connectivity index (χ2n) is 2.18. The van der Waals surface area contributed by atoms with E-state index in [0.717, 1.165) is 0 Å². The zero-order valence-corrected chi connectivity index (χ0v) is 5.50. The topological polar surface area (TPSA) is 49.9 Å². The van der Waals surface area contributed by atoms with Crippen molar-refractivity contribution in [1.29, 1.82) is 5.41 Å². The van der Waals surface area contributed by atoms with Gasteiger partial charge in [0.15, 0.2) is 0 Å². The van der Waals surface area contributed by atoms with Gasteiger partial charge in [-0.2, -0.15) is 13.2 Å². The van der Waals surface area contributed by atoms with Crippen molar-refractivity contribution in [2.24, 2.45) is 11.7 Å². The van der Waals surface area contributed by atoms with Crippen LogP contribution in [-0.4, -0.2) is 12.0 Å². The van der Waals surface area contributed by atoms with Gasteiger partial charge in [0.05, 0.1) is 12.3 Å². The van der Waals surface area contributed by atoms with Crippen molar-refractivity contribution in [3.8, 4) is 0 Å². The first kappa shape index (κ1) is 9.26. The molecule has 0 amide bonds. The summed E-state index contributed by atoms with van der Waals surface area (Å²) in [4.78, 5) is 0. The van der Waals surface area contributed by atoms with Crippen molar-refractivity contribution in [3.63, 3.8) is 0 Å². The van der Waals surface area contributed by atoms with Crippen molar-refractivity contribution < 1.29 is 13.2 Å². The van der Waals surface area contributed by atoms with E-state index >= 15 is 0 Å². The van der Waals surface area contributed by atoms with Gasteiger partial charge in [0.2, 0.25) is 0 Å². The van der Waals surface area contributed by atoms with Gasteiger partial charge in [-0.3, -0.25) is 5.41 Å². The Labute approximate surface area is 56.7 Å². The molecule has 0 aromatic heterocycles. The minimum absolute atomic E-state index is 0.419. The molecule has 0 aromatic rings. The third-order valence-electron chi connectivity index (χ3n) is 1.07. The van der Waals surface area contributed by atoms with Crippen molar-refractivity contribution in [1.82, 2.24) is 0 Å². The van der Waals surface area contributed by atoms with Gasteiger partial charge in [0.25, 0.3) is 0 Å². The lowest BCUT2D eigenvalue weighted by molar-refractivity contribution is -0.139. The molecule has 0 aliphatic carbocycles. The monoisotopic (exact) mass is 154 g/mol. The maximum absolute atomic E-state index is 11.5. The molecule has 0 fully saturated rings. The lowest BCUT2D eigenvalue weighted by Crippen LogP contribution is -2.25. The van der Waals surface area contributed by atoms with Crippen LogP contribution in [-0.2, 0) is 0 Å². The summed E-state index contributed by atoms with van der Waals surface area (Å²) in [7, 11) is 0. The Morgan fingerprint density at radius 1 is 1.60 bits per heavy atom. The van der Waals surface area contributed by atoms with Crippen molar-refractivity contribution >= 4 is 5.84 Å². The summed E-state index contributed by atoms with van der Waals surface area (Å²) in [5.74, 6) is -1.32. The van der Waals surface area contributed by atoms with Crippen molar-refractivity contribution in [3.05, 3.63) is 0 Å². The Morgan fingerprint density at radius 2 is 2.00 bits per heavy atom. The molecule has 0 saturated heterocycles. The molecule has 0 spiro atoms. The smallest absolute Gasteiger partial charge is 0.387 e. The second-order valence-corrected chi connectivity index (χ2v) is 2.18. The molecular weight excluding hydrogens is 145 g/mol. The molecule has 10 heavy (non-hydrogen) atoms. The number of nitrogens with one attached hydrogen (secondary N) is 1. The molecule has 0 heterocycles. The zero-order chi connectivity index (χ0) is 8.36. The fourth-order valence-electron chi connectivity index (χ4n) is 0.457. The van der Waals surface area contributed by atoms with Gasteiger partial charge in [0.1, 0.15) is 0 Å². The highest BCUT2D eigenvalue weighted by atomic mass is 19.4. The Balaban J connectivity index is 3.80. The molecule has 2 nitrogen and oxygen atoms in total. The van der Waals surface area contributed by atoms with Crippen LogP contribution in [0.3, 0.4) is 0 Å².